The zero-order valence-electron chi connectivity index (χ0n) is 20.4. The summed E-state index contributed by atoms with van der Waals surface area (Å²) in [6, 6.07) is 7.95. The number of amides is 2. The van der Waals surface area contributed by atoms with Crippen LogP contribution in [0.5, 0.6) is 0 Å². The number of anilines is 1. The van der Waals surface area contributed by atoms with Crippen LogP contribution in [0.25, 0.3) is 0 Å². The topological polar surface area (TPSA) is 67.2 Å². The standard InChI is InChI=1S/C27H27F3N4O2/c1-5-9-27(4)21-8-7-17(25(35)31-14-20-22(29)12-18(28)13-23(20)30)11-24(21)33(26(27)36)15-19-10-16(3)32-34(19)6-2/h5,7-8,10-13H,1,6,9,14-15H2,2-4H3,(H,31,35). The minimum Gasteiger partial charge on any atom is -0.348 e. The number of nitrogens with zero attached hydrogens (tertiary/aromatic N) is 3. The van der Waals surface area contributed by atoms with Crippen molar-refractivity contribution in [3.63, 3.8) is 0 Å². The van der Waals surface area contributed by atoms with Crippen LogP contribution in [-0.2, 0) is 29.8 Å². The molecule has 2 aromatic carbocycles. The summed E-state index contributed by atoms with van der Waals surface area (Å²) in [4.78, 5) is 28.1. The summed E-state index contributed by atoms with van der Waals surface area (Å²) in [5.41, 5.74) is 1.96. The number of nitrogens with one attached hydrogen (secondary N) is 1. The summed E-state index contributed by atoms with van der Waals surface area (Å²) >= 11 is 0. The van der Waals surface area contributed by atoms with E-state index in [1.54, 1.807) is 29.2 Å². The van der Waals surface area contributed by atoms with E-state index in [1.165, 1.54) is 0 Å². The third kappa shape index (κ3) is 4.41. The molecule has 1 N–H and O–H groups in total. The van der Waals surface area contributed by atoms with Gasteiger partial charge in [-0.05, 0) is 51.0 Å². The van der Waals surface area contributed by atoms with Crippen molar-refractivity contribution in [2.45, 2.75) is 52.2 Å². The highest BCUT2D eigenvalue weighted by atomic mass is 19.1. The van der Waals surface area contributed by atoms with Crippen LogP contribution in [0, 0.1) is 24.4 Å². The predicted octanol–water partition coefficient (Wildman–Crippen LogP) is 4.94. The van der Waals surface area contributed by atoms with E-state index in [1.807, 2.05) is 31.5 Å². The first-order chi connectivity index (χ1) is 17.1. The Morgan fingerprint density at radius 1 is 1.17 bits per heavy atom. The largest absolute Gasteiger partial charge is 0.348 e. The fraction of sp³-hybridized carbons (Fsp3) is 0.296. The second kappa shape index (κ2) is 9.64. The molecule has 0 fully saturated rings. The van der Waals surface area contributed by atoms with Crippen molar-refractivity contribution in [1.82, 2.24) is 15.1 Å². The van der Waals surface area contributed by atoms with E-state index in [0.29, 0.717) is 30.8 Å². The average Bonchev–Trinajstić information content (AvgIpc) is 3.28. The van der Waals surface area contributed by atoms with Gasteiger partial charge >= 0.3 is 0 Å². The first-order valence-electron chi connectivity index (χ1n) is 11.6. The van der Waals surface area contributed by atoms with Gasteiger partial charge < -0.3 is 10.2 Å². The molecule has 1 atom stereocenters. The molecule has 9 heteroatoms. The lowest BCUT2D eigenvalue weighted by molar-refractivity contribution is -0.122. The molecule has 1 unspecified atom stereocenters. The van der Waals surface area contributed by atoms with Gasteiger partial charge in [0.15, 0.2) is 0 Å². The lowest BCUT2D eigenvalue weighted by atomic mass is 9.80. The molecule has 1 aliphatic heterocycles. The second-order valence-corrected chi connectivity index (χ2v) is 9.07. The zero-order valence-corrected chi connectivity index (χ0v) is 20.4. The van der Waals surface area contributed by atoms with Gasteiger partial charge in [0, 0.05) is 42.0 Å². The number of carbonyl (C=O) groups is 2. The molecule has 0 bridgehead atoms. The summed E-state index contributed by atoms with van der Waals surface area (Å²) in [7, 11) is 0. The Kier molecular flexibility index (Phi) is 6.75. The lowest BCUT2D eigenvalue weighted by Gasteiger charge is -2.23. The number of aromatic nitrogens is 2. The minimum atomic E-state index is -1.08. The van der Waals surface area contributed by atoms with Gasteiger partial charge in [-0.2, -0.15) is 5.10 Å². The van der Waals surface area contributed by atoms with Crippen molar-refractivity contribution in [2.24, 2.45) is 0 Å². The number of fused-ring (bicyclic) bond motifs is 1. The Hall–Kier alpha value is -3.88. The van der Waals surface area contributed by atoms with Gasteiger partial charge in [-0.15, -0.1) is 6.58 Å². The number of halogens is 3. The number of carbonyl (C=O) groups excluding carboxylic acids is 2. The molecule has 2 amide bonds. The highest BCUT2D eigenvalue weighted by Gasteiger charge is 2.46. The van der Waals surface area contributed by atoms with E-state index in [9.17, 15) is 22.8 Å². The average molecular weight is 497 g/mol. The number of hydrogen-bond donors (Lipinski definition) is 1. The second-order valence-electron chi connectivity index (χ2n) is 9.07. The van der Waals surface area contributed by atoms with Gasteiger partial charge in [-0.25, -0.2) is 13.2 Å². The normalized spacial score (nSPS) is 16.8. The summed E-state index contributed by atoms with van der Waals surface area (Å²) < 4.78 is 43.0. The van der Waals surface area contributed by atoms with Gasteiger partial charge in [-0.3, -0.25) is 14.3 Å². The molecule has 0 radical (unpaired) electrons. The van der Waals surface area contributed by atoms with E-state index in [2.05, 4.69) is 17.0 Å². The third-order valence-electron chi connectivity index (χ3n) is 6.55. The van der Waals surface area contributed by atoms with Gasteiger partial charge in [0.2, 0.25) is 5.91 Å². The number of rotatable bonds is 8. The van der Waals surface area contributed by atoms with Crippen molar-refractivity contribution in [3.8, 4) is 0 Å². The molecule has 1 aromatic heterocycles. The van der Waals surface area contributed by atoms with Gasteiger partial charge in [-0.1, -0.05) is 12.1 Å². The van der Waals surface area contributed by atoms with Crippen LogP contribution >= 0.6 is 0 Å². The van der Waals surface area contributed by atoms with Crippen LogP contribution in [0.4, 0.5) is 18.9 Å². The number of aryl methyl sites for hydroxylation is 2. The molecule has 0 aliphatic carbocycles. The van der Waals surface area contributed by atoms with Crippen molar-refractivity contribution in [1.29, 1.82) is 0 Å². The summed E-state index contributed by atoms with van der Waals surface area (Å²) in [5, 5.41) is 6.93. The zero-order chi connectivity index (χ0) is 26.2. The summed E-state index contributed by atoms with van der Waals surface area (Å²) in [5.74, 6) is -3.90. The molecular weight excluding hydrogens is 469 g/mol. The van der Waals surface area contributed by atoms with Crippen molar-refractivity contribution in [3.05, 3.63) is 94.6 Å². The fourth-order valence-electron chi connectivity index (χ4n) is 4.70. The Labute approximate surface area is 207 Å². The number of hydrogen-bond acceptors (Lipinski definition) is 3. The number of benzene rings is 2. The van der Waals surface area contributed by atoms with Gasteiger partial charge in [0.25, 0.3) is 5.91 Å². The Balaban J connectivity index is 1.66. The summed E-state index contributed by atoms with van der Waals surface area (Å²) in [6.07, 6.45) is 2.11. The quantitative estimate of drug-likeness (QED) is 0.450. The first-order valence-corrected chi connectivity index (χ1v) is 11.6. The van der Waals surface area contributed by atoms with Crippen LogP contribution in [0.15, 0.2) is 49.1 Å². The molecule has 188 valence electrons. The van der Waals surface area contributed by atoms with Gasteiger partial charge in [0.05, 0.1) is 23.3 Å². The van der Waals surface area contributed by atoms with E-state index in [4.69, 9.17) is 0 Å². The Morgan fingerprint density at radius 2 is 1.86 bits per heavy atom. The molecule has 6 nitrogen and oxygen atoms in total. The van der Waals surface area contributed by atoms with Crippen LogP contribution < -0.4 is 10.2 Å². The molecule has 2 heterocycles. The van der Waals surface area contributed by atoms with Crippen LogP contribution in [0.3, 0.4) is 0 Å². The van der Waals surface area contributed by atoms with Crippen molar-refractivity contribution in [2.75, 3.05) is 4.90 Å². The molecule has 0 spiro atoms. The highest BCUT2D eigenvalue weighted by Crippen LogP contribution is 2.45. The molecule has 0 saturated heterocycles. The lowest BCUT2D eigenvalue weighted by Crippen LogP contribution is -2.38. The highest BCUT2D eigenvalue weighted by molar-refractivity contribution is 6.09. The Morgan fingerprint density at radius 3 is 2.50 bits per heavy atom. The van der Waals surface area contributed by atoms with Gasteiger partial charge in [0.1, 0.15) is 17.5 Å². The first kappa shape index (κ1) is 25.2. The van der Waals surface area contributed by atoms with Crippen molar-refractivity contribution < 1.29 is 22.8 Å². The maximum atomic E-state index is 14.0. The maximum Gasteiger partial charge on any atom is 0.251 e. The smallest absolute Gasteiger partial charge is 0.251 e. The molecule has 1 aliphatic rings. The third-order valence-corrected chi connectivity index (χ3v) is 6.55. The maximum absolute atomic E-state index is 14.0. The fourth-order valence-corrected chi connectivity index (χ4v) is 4.70. The molecular formula is C27H27F3N4O2. The Bertz CT molecular complexity index is 1340. The summed E-state index contributed by atoms with van der Waals surface area (Å²) in [6.45, 7) is 9.94. The van der Waals surface area contributed by atoms with Crippen LogP contribution in [0.2, 0.25) is 0 Å². The van der Waals surface area contributed by atoms with E-state index in [-0.39, 0.29) is 18.0 Å². The molecule has 3 aromatic rings. The van der Waals surface area contributed by atoms with Crippen LogP contribution in [0.1, 0.15) is 53.1 Å². The molecule has 36 heavy (non-hydrogen) atoms. The van der Waals surface area contributed by atoms with E-state index < -0.39 is 40.9 Å². The predicted molar refractivity (Wildman–Crippen MR) is 130 cm³/mol. The monoisotopic (exact) mass is 496 g/mol. The minimum absolute atomic E-state index is 0.119. The van der Waals surface area contributed by atoms with Crippen LogP contribution in [-0.4, -0.2) is 21.6 Å². The molecule has 4 rings (SSSR count). The van der Waals surface area contributed by atoms with E-state index >= 15 is 0 Å². The van der Waals surface area contributed by atoms with Crippen molar-refractivity contribution >= 4 is 17.5 Å². The SMILES string of the molecule is C=CCC1(C)C(=O)N(Cc2cc(C)nn2CC)c2cc(C(=O)NCc3c(F)cc(F)cc3F)ccc21. The number of allylic oxidation sites excluding steroid dienone is 1. The van der Waals surface area contributed by atoms with E-state index in [0.717, 1.165) is 17.0 Å². The molecule has 0 saturated carbocycles.